The maximum absolute atomic E-state index is 11.9. The largest absolute Gasteiger partial charge is 0.493 e. The van der Waals surface area contributed by atoms with E-state index in [1.165, 1.54) is 0 Å². The van der Waals surface area contributed by atoms with Gasteiger partial charge in [-0.1, -0.05) is 18.2 Å². The molecule has 7 nitrogen and oxygen atoms in total. The van der Waals surface area contributed by atoms with E-state index in [0.717, 1.165) is 22.6 Å². The number of urea groups is 1. The van der Waals surface area contributed by atoms with E-state index in [0.29, 0.717) is 13.2 Å². The van der Waals surface area contributed by atoms with Crippen molar-refractivity contribution in [1.29, 1.82) is 0 Å². The van der Waals surface area contributed by atoms with Crippen LogP contribution in [-0.4, -0.2) is 49.0 Å². The molecule has 1 fully saturated rings. The minimum Gasteiger partial charge on any atom is -0.493 e. The van der Waals surface area contributed by atoms with Crippen molar-refractivity contribution in [2.75, 3.05) is 26.2 Å². The monoisotopic (exact) mass is 303 g/mol. The second-order valence-corrected chi connectivity index (χ2v) is 5.43. The van der Waals surface area contributed by atoms with Crippen LogP contribution >= 0.6 is 0 Å². The van der Waals surface area contributed by atoms with Crippen LogP contribution in [0.4, 0.5) is 4.79 Å². The number of imide groups is 1. The fraction of sp³-hybridized carbons (Fsp3) is 0.400. The van der Waals surface area contributed by atoms with Gasteiger partial charge in [0.05, 0.1) is 13.2 Å². The van der Waals surface area contributed by atoms with Gasteiger partial charge in [0, 0.05) is 12.5 Å². The third kappa shape index (κ3) is 3.03. The Labute approximate surface area is 127 Å². The second-order valence-electron chi connectivity index (χ2n) is 5.43. The minimum absolute atomic E-state index is 0.0423. The highest BCUT2D eigenvalue weighted by Gasteiger charge is 2.30. The van der Waals surface area contributed by atoms with Crippen molar-refractivity contribution in [3.8, 4) is 5.75 Å². The van der Waals surface area contributed by atoms with E-state index >= 15 is 0 Å². The molecule has 1 saturated heterocycles. The van der Waals surface area contributed by atoms with Crippen LogP contribution in [0.1, 0.15) is 5.56 Å². The number of rotatable bonds is 4. The molecule has 0 spiro atoms. The zero-order valence-electron chi connectivity index (χ0n) is 12.0. The van der Waals surface area contributed by atoms with E-state index < -0.39 is 6.03 Å². The molecule has 0 saturated carbocycles. The van der Waals surface area contributed by atoms with Gasteiger partial charge in [-0.2, -0.15) is 0 Å². The van der Waals surface area contributed by atoms with Crippen molar-refractivity contribution in [1.82, 2.24) is 15.5 Å². The maximum atomic E-state index is 11.9. The summed E-state index contributed by atoms with van der Waals surface area (Å²) in [6.45, 7) is 0.714. The first kappa shape index (κ1) is 14.4. The van der Waals surface area contributed by atoms with Gasteiger partial charge in [-0.05, 0) is 18.1 Å². The number of amides is 4. The lowest BCUT2D eigenvalue weighted by Crippen LogP contribution is -2.43. The van der Waals surface area contributed by atoms with Crippen molar-refractivity contribution in [3.63, 3.8) is 0 Å². The summed E-state index contributed by atoms with van der Waals surface area (Å²) in [4.78, 5) is 35.5. The molecule has 2 aliphatic rings. The van der Waals surface area contributed by atoms with Crippen LogP contribution in [0.5, 0.6) is 5.75 Å². The highest BCUT2D eigenvalue weighted by atomic mass is 16.5. The van der Waals surface area contributed by atoms with Crippen LogP contribution in [0, 0.1) is 5.92 Å². The molecule has 4 amide bonds. The van der Waals surface area contributed by atoms with Crippen molar-refractivity contribution in [3.05, 3.63) is 29.8 Å². The summed E-state index contributed by atoms with van der Waals surface area (Å²) in [6, 6.07) is 7.31. The first-order chi connectivity index (χ1) is 10.6. The summed E-state index contributed by atoms with van der Waals surface area (Å²) in [5.41, 5.74) is 1.13. The molecule has 1 aromatic rings. The zero-order chi connectivity index (χ0) is 15.5. The van der Waals surface area contributed by atoms with E-state index in [4.69, 9.17) is 4.74 Å². The van der Waals surface area contributed by atoms with E-state index in [1.807, 2.05) is 24.3 Å². The summed E-state index contributed by atoms with van der Waals surface area (Å²) < 4.78 is 5.66. The molecule has 3 rings (SSSR count). The maximum Gasteiger partial charge on any atom is 0.325 e. The predicted molar refractivity (Wildman–Crippen MR) is 77.3 cm³/mol. The Bertz CT molecular complexity index is 601. The number of fused-ring (bicyclic) bond motifs is 1. The summed E-state index contributed by atoms with van der Waals surface area (Å²) in [5, 5.41) is 5.14. The van der Waals surface area contributed by atoms with E-state index in [2.05, 4.69) is 10.6 Å². The van der Waals surface area contributed by atoms with Gasteiger partial charge in [0.15, 0.2) is 0 Å². The van der Waals surface area contributed by atoms with Crippen LogP contribution < -0.4 is 15.4 Å². The van der Waals surface area contributed by atoms with Crippen molar-refractivity contribution in [2.24, 2.45) is 5.92 Å². The second kappa shape index (κ2) is 6.05. The van der Waals surface area contributed by atoms with Gasteiger partial charge in [0.25, 0.3) is 5.91 Å². The molecule has 0 unspecified atom stereocenters. The summed E-state index contributed by atoms with van der Waals surface area (Å²) in [5.74, 6) is 0.353. The van der Waals surface area contributed by atoms with E-state index in [-0.39, 0.29) is 30.8 Å². The van der Waals surface area contributed by atoms with Gasteiger partial charge in [-0.3, -0.25) is 14.5 Å². The number of nitrogens with one attached hydrogen (secondary N) is 2. The molecule has 1 atom stereocenters. The number of ether oxygens (including phenoxy) is 1. The third-order valence-corrected chi connectivity index (χ3v) is 3.78. The average Bonchev–Trinajstić information content (AvgIpc) is 2.84. The lowest BCUT2D eigenvalue weighted by Gasteiger charge is -2.25. The van der Waals surface area contributed by atoms with E-state index in [1.54, 1.807) is 0 Å². The van der Waals surface area contributed by atoms with Crippen LogP contribution in [0.3, 0.4) is 0 Å². The standard InChI is InChI=1S/C15H17N3O4/c19-13(8-18-14(20)7-17-15(18)21)16-6-10-5-11-3-1-2-4-12(11)22-9-10/h1-4,10H,5-9H2,(H,16,19)(H,17,21)/t10-/m0/s1. The zero-order valence-corrected chi connectivity index (χ0v) is 12.0. The Morgan fingerprint density at radius 1 is 1.36 bits per heavy atom. The molecule has 2 aliphatic heterocycles. The number of carbonyl (C=O) groups excluding carboxylic acids is 3. The van der Waals surface area contributed by atoms with Crippen LogP contribution in [0.25, 0.3) is 0 Å². The SMILES string of the molecule is O=C(CN1C(=O)CNC1=O)NC[C@H]1COc2ccccc2C1. The predicted octanol–water partition coefficient (Wildman–Crippen LogP) is -0.0943. The number of hydrogen-bond acceptors (Lipinski definition) is 4. The number of carbonyl (C=O) groups is 3. The summed E-state index contributed by atoms with van der Waals surface area (Å²) >= 11 is 0. The normalized spacial score (nSPS) is 20.2. The topological polar surface area (TPSA) is 87.7 Å². The molecule has 0 aromatic heterocycles. The molecule has 7 heteroatoms. The first-order valence-electron chi connectivity index (χ1n) is 7.19. The van der Waals surface area contributed by atoms with Gasteiger partial charge in [-0.15, -0.1) is 0 Å². The van der Waals surface area contributed by atoms with Gasteiger partial charge in [-0.25, -0.2) is 4.79 Å². The van der Waals surface area contributed by atoms with Crippen molar-refractivity contribution < 1.29 is 19.1 Å². The third-order valence-electron chi connectivity index (χ3n) is 3.78. The van der Waals surface area contributed by atoms with Crippen LogP contribution in [0.15, 0.2) is 24.3 Å². The quantitative estimate of drug-likeness (QED) is 0.761. The molecule has 116 valence electrons. The highest BCUT2D eigenvalue weighted by Crippen LogP contribution is 2.26. The lowest BCUT2D eigenvalue weighted by atomic mass is 9.97. The smallest absolute Gasteiger partial charge is 0.325 e. The van der Waals surface area contributed by atoms with Gasteiger partial charge in [0.2, 0.25) is 5.91 Å². The Balaban J connectivity index is 1.48. The van der Waals surface area contributed by atoms with Crippen LogP contribution in [0.2, 0.25) is 0 Å². The number of benzene rings is 1. The molecule has 0 radical (unpaired) electrons. The summed E-state index contributed by atoms with van der Waals surface area (Å²) in [7, 11) is 0. The molecular weight excluding hydrogens is 286 g/mol. The van der Waals surface area contributed by atoms with Gasteiger partial charge in [0.1, 0.15) is 12.3 Å². The molecule has 22 heavy (non-hydrogen) atoms. The van der Waals surface area contributed by atoms with Crippen LogP contribution in [-0.2, 0) is 16.0 Å². The average molecular weight is 303 g/mol. The lowest BCUT2D eigenvalue weighted by molar-refractivity contribution is -0.130. The molecule has 2 N–H and O–H groups in total. The van der Waals surface area contributed by atoms with Gasteiger partial charge >= 0.3 is 6.03 Å². The molecule has 0 bridgehead atoms. The van der Waals surface area contributed by atoms with Crippen molar-refractivity contribution in [2.45, 2.75) is 6.42 Å². The Morgan fingerprint density at radius 2 is 2.18 bits per heavy atom. The molecular formula is C15H17N3O4. The Morgan fingerprint density at radius 3 is 2.95 bits per heavy atom. The number of hydrogen-bond donors (Lipinski definition) is 2. The highest BCUT2D eigenvalue weighted by molar-refractivity contribution is 6.04. The molecule has 1 aromatic carbocycles. The summed E-state index contributed by atoms with van der Waals surface area (Å²) in [6.07, 6.45) is 0.833. The number of nitrogens with zero attached hydrogens (tertiary/aromatic N) is 1. The fourth-order valence-corrected chi connectivity index (χ4v) is 2.59. The molecule has 2 heterocycles. The van der Waals surface area contributed by atoms with Crippen molar-refractivity contribution >= 4 is 17.8 Å². The number of para-hydroxylation sites is 1. The Kier molecular flexibility index (Phi) is 3.95. The minimum atomic E-state index is -0.518. The van der Waals surface area contributed by atoms with E-state index in [9.17, 15) is 14.4 Å². The Hall–Kier alpha value is -2.57. The first-order valence-corrected chi connectivity index (χ1v) is 7.19. The van der Waals surface area contributed by atoms with Gasteiger partial charge < -0.3 is 15.4 Å². The molecule has 0 aliphatic carbocycles. The fourth-order valence-electron chi connectivity index (χ4n) is 2.59.